The van der Waals surface area contributed by atoms with Crippen LogP contribution >= 0.6 is 0 Å². The highest BCUT2D eigenvalue weighted by Gasteiger charge is 2.17. The van der Waals surface area contributed by atoms with Gasteiger partial charge in [-0.2, -0.15) is 0 Å². The minimum atomic E-state index is 0.149. The summed E-state index contributed by atoms with van der Waals surface area (Å²) in [5, 5.41) is 1.30. The zero-order valence-corrected chi connectivity index (χ0v) is 13.5. The maximum absolute atomic E-state index is 11.3. The monoisotopic (exact) mass is 271 g/mol. The van der Waals surface area contributed by atoms with Crippen LogP contribution in [0.3, 0.4) is 0 Å². The van der Waals surface area contributed by atoms with Crippen molar-refractivity contribution in [3.8, 4) is 0 Å². The van der Waals surface area contributed by atoms with Gasteiger partial charge in [-0.3, -0.25) is 0 Å². The van der Waals surface area contributed by atoms with Crippen LogP contribution in [-0.2, 0) is 23.7 Å². The average molecular weight is 271 g/mol. The van der Waals surface area contributed by atoms with Crippen molar-refractivity contribution in [3.05, 3.63) is 35.0 Å². The Labute approximate surface area is 121 Å². The van der Waals surface area contributed by atoms with E-state index in [-0.39, 0.29) is 11.2 Å². The number of Topliss-reactive ketones (excluding diaryl/α,β-unsaturated/α-hetero) is 1. The molecule has 2 nitrogen and oxygen atoms in total. The van der Waals surface area contributed by atoms with E-state index in [1.54, 1.807) is 6.92 Å². The fraction of sp³-hybridized carbons (Fsp3) is 0.500. The molecule has 1 aromatic carbocycles. The summed E-state index contributed by atoms with van der Waals surface area (Å²) >= 11 is 0. The molecule has 0 bridgehead atoms. The highest BCUT2D eigenvalue weighted by atomic mass is 16.1. The van der Waals surface area contributed by atoms with Gasteiger partial charge in [0.05, 0.1) is 0 Å². The summed E-state index contributed by atoms with van der Waals surface area (Å²) in [6.45, 7) is 10.5. The summed E-state index contributed by atoms with van der Waals surface area (Å²) in [5.74, 6) is 0.258. The van der Waals surface area contributed by atoms with Gasteiger partial charge in [-0.25, -0.2) is 0 Å². The van der Waals surface area contributed by atoms with Crippen molar-refractivity contribution in [2.45, 2.75) is 52.9 Å². The molecular weight excluding hydrogens is 246 g/mol. The summed E-state index contributed by atoms with van der Waals surface area (Å²) in [6.07, 6.45) is 1.46. The number of aromatic nitrogens is 1. The number of aryl methyl sites for hydroxylation is 2. The number of carbonyl (C=O) groups excluding carboxylic acids is 1. The predicted molar refractivity (Wildman–Crippen MR) is 85.4 cm³/mol. The third-order valence-corrected chi connectivity index (χ3v) is 4.22. The largest absolute Gasteiger partial charge is 0.348 e. The topological polar surface area (TPSA) is 22.0 Å². The van der Waals surface area contributed by atoms with Crippen LogP contribution in [0.4, 0.5) is 0 Å². The lowest BCUT2D eigenvalue weighted by Crippen LogP contribution is -2.10. The Bertz CT molecular complexity index is 656. The lowest BCUT2D eigenvalue weighted by Gasteiger charge is -2.19. The van der Waals surface area contributed by atoms with E-state index in [1.807, 2.05) is 0 Å². The van der Waals surface area contributed by atoms with Gasteiger partial charge in [0, 0.05) is 30.1 Å². The SMILES string of the molecule is CC(=O)CCc1c(C)n(C)c2ccc(C(C)(C)C)cc12. The van der Waals surface area contributed by atoms with Crippen LogP contribution in [0.15, 0.2) is 18.2 Å². The van der Waals surface area contributed by atoms with Crippen molar-refractivity contribution < 1.29 is 4.79 Å². The van der Waals surface area contributed by atoms with Gasteiger partial charge in [-0.15, -0.1) is 0 Å². The molecule has 0 saturated carbocycles. The minimum Gasteiger partial charge on any atom is -0.348 e. The maximum atomic E-state index is 11.3. The molecule has 0 amide bonds. The number of nitrogens with zero attached hydrogens (tertiary/aromatic N) is 1. The van der Waals surface area contributed by atoms with E-state index in [1.165, 1.54) is 27.7 Å². The second-order valence-corrected chi connectivity index (χ2v) is 6.81. The highest BCUT2D eigenvalue weighted by Crippen LogP contribution is 2.31. The summed E-state index contributed by atoms with van der Waals surface area (Å²) in [4.78, 5) is 11.3. The second kappa shape index (κ2) is 5.08. The van der Waals surface area contributed by atoms with Gasteiger partial charge in [-0.05, 0) is 48.9 Å². The first kappa shape index (κ1) is 14.8. The van der Waals surface area contributed by atoms with E-state index >= 15 is 0 Å². The quantitative estimate of drug-likeness (QED) is 0.815. The van der Waals surface area contributed by atoms with E-state index < -0.39 is 0 Å². The molecule has 2 heteroatoms. The molecule has 20 heavy (non-hydrogen) atoms. The Balaban J connectivity index is 2.60. The normalized spacial score (nSPS) is 12.1. The molecule has 0 atom stereocenters. The van der Waals surface area contributed by atoms with Gasteiger partial charge in [0.25, 0.3) is 0 Å². The zero-order chi connectivity index (χ0) is 15.1. The number of rotatable bonds is 3. The average Bonchev–Trinajstić information content (AvgIpc) is 2.58. The van der Waals surface area contributed by atoms with Crippen LogP contribution in [0.25, 0.3) is 10.9 Å². The van der Waals surface area contributed by atoms with Gasteiger partial charge in [0.15, 0.2) is 0 Å². The molecule has 0 saturated heterocycles. The molecule has 0 aliphatic heterocycles. The molecule has 0 aliphatic rings. The molecule has 0 unspecified atom stereocenters. The number of benzene rings is 1. The molecule has 0 fully saturated rings. The van der Waals surface area contributed by atoms with Crippen molar-refractivity contribution in [2.75, 3.05) is 0 Å². The van der Waals surface area contributed by atoms with Crippen LogP contribution in [0.2, 0.25) is 0 Å². The lowest BCUT2D eigenvalue weighted by atomic mass is 9.86. The Kier molecular flexibility index (Phi) is 3.77. The predicted octanol–water partition coefficient (Wildman–Crippen LogP) is 4.31. The van der Waals surface area contributed by atoms with E-state index in [0.29, 0.717) is 6.42 Å². The van der Waals surface area contributed by atoms with Gasteiger partial charge in [-0.1, -0.05) is 26.8 Å². The van der Waals surface area contributed by atoms with Crippen LogP contribution in [0, 0.1) is 6.92 Å². The first-order valence-corrected chi connectivity index (χ1v) is 7.29. The summed E-state index contributed by atoms with van der Waals surface area (Å²) in [5.41, 5.74) is 5.35. The number of carbonyl (C=O) groups is 1. The Hall–Kier alpha value is -1.57. The standard InChI is InChI=1S/C18H25NO/c1-12(20)7-9-15-13(2)19(6)17-10-8-14(11-16(15)17)18(3,4)5/h8,10-11H,7,9H2,1-6H3. The van der Waals surface area contributed by atoms with E-state index in [9.17, 15) is 4.79 Å². The van der Waals surface area contributed by atoms with Crippen molar-refractivity contribution >= 4 is 16.7 Å². The minimum absolute atomic E-state index is 0.149. The number of hydrogen-bond acceptors (Lipinski definition) is 1. The number of ketones is 1. The van der Waals surface area contributed by atoms with E-state index in [2.05, 4.69) is 57.5 Å². The van der Waals surface area contributed by atoms with Gasteiger partial charge < -0.3 is 9.36 Å². The van der Waals surface area contributed by atoms with Crippen molar-refractivity contribution in [1.82, 2.24) is 4.57 Å². The fourth-order valence-electron chi connectivity index (χ4n) is 2.73. The summed E-state index contributed by atoms with van der Waals surface area (Å²) < 4.78 is 2.23. The van der Waals surface area contributed by atoms with Crippen LogP contribution in [0.5, 0.6) is 0 Å². The Morgan fingerprint density at radius 2 is 1.90 bits per heavy atom. The Morgan fingerprint density at radius 1 is 1.25 bits per heavy atom. The Morgan fingerprint density at radius 3 is 2.45 bits per heavy atom. The number of fused-ring (bicyclic) bond motifs is 1. The molecule has 1 aromatic heterocycles. The zero-order valence-electron chi connectivity index (χ0n) is 13.5. The third kappa shape index (κ3) is 2.65. The molecule has 0 aliphatic carbocycles. The van der Waals surface area contributed by atoms with Gasteiger partial charge >= 0.3 is 0 Å². The van der Waals surface area contributed by atoms with Crippen LogP contribution in [-0.4, -0.2) is 10.4 Å². The molecule has 2 rings (SSSR count). The smallest absolute Gasteiger partial charge is 0.130 e. The van der Waals surface area contributed by atoms with Gasteiger partial charge in [0.2, 0.25) is 0 Å². The van der Waals surface area contributed by atoms with Crippen LogP contribution in [0.1, 0.15) is 50.9 Å². The summed E-state index contributed by atoms with van der Waals surface area (Å²) in [7, 11) is 2.10. The molecule has 108 valence electrons. The molecule has 2 aromatic rings. The van der Waals surface area contributed by atoms with Crippen molar-refractivity contribution in [2.24, 2.45) is 7.05 Å². The molecular formula is C18H25NO. The van der Waals surface area contributed by atoms with Crippen LogP contribution < -0.4 is 0 Å². The first-order valence-electron chi connectivity index (χ1n) is 7.29. The second-order valence-electron chi connectivity index (χ2n) is 6.81. The third-order valence-electron chi connectivity index (χ3n) is 4.22. The first-order chi connectivity index (χ1) is 9.21. The lowest BCUT2D eigenvalue weighted by molar-refractivity contribution is -0.116. The summed E-state index contributed by atoms with van der Waals surface area (Å²) in [6, 6.07) is 6.73. The highest BCUT2D eigenvalue weighted by molar-refractivity contribution is 5.87. The maximum Gasteiger partial charge on any atom is 0.130 e. The molecule has 0 N–H and O–H groups in total. The molecule has 0 spiro atoms. The number of hydrogen-bond donors (Lipinski definition) is 0. The molecule has 1 heterocycles. The van der Waals surface area contributed by atoms with E-state index in [4.69, 9.17) is 0 Å². The van der Waals surface area contributed by atoms with E-state index in [0.717, 1.165) is 6.42 Å². The van der Waals surface area contributed by atoms with Crippen molar-refractivity contribution in [1.29, 1.82) is 0 Å². The van der Waals surface area contributed by atoms with Gasteiger partial charge in [0.1, 0.15) is 5.78 Å². The molecule has 0 radical (unpaired) electrons. The fourth-order valence-corrected chi connectivity index (χ4v) is 2.73. The van der Waals surface area contributed by atoms with Crippen molar-refractivity contribution in [3.63, 3.8) is 0 Å².